The van der Waals surface area contributed by atoms with Gasteiger partial charge >= 0.3 is 0 Å². The van der Waals surface area contributed by atoms with Gasteiger partial charge in [0.1, 0.15) is 17.2 Å². The van der Waals surface area contributed by atoms with Crippen molar-refractivity contribution in [1.82, 2.24) is 20.2 Å². The van der Waals surface area contributed by atoms with Crippen molar-refractivity contribution in [3.05, 3.63) is 42.1 Å². The zero-order valence-electron chi connectivity index (χ0n) is 19.9. The van der Waals surface area contributed by atoms with Crippen LogP contribution in [0.15, 0.2) is 46.5 Å². The maximum atomic E-state index is 12.0. The van der Waals surface area contributed by atoms with Crippen LogP contribution >= 0.6 is 11.8 Å². The average molecular weight is 504 g/mol. The van der Waals surface area contributed by atoms with Crippen molar-refractivity contribution >= 4 is 40.8 Å². The molecule has 7 rings (SSSR count). The van der Waals surface area contributed by atoms with Crippen LogP contribution in [-0.4, -0.2) is 49.9 Å². The number of carbonyl (C=O) groups excluding carboxylic acids is 1. The van der Waals surface area contributed by atoms with E-state index in [4.69, 9.17) is 9.97 Å². The Morgan fingerprint density at radius 3 is 2.50 bits per heavy atom. The molecule has 0 spiro atoms. The Morgan fingerprint density at radius 1 is 1.03 bits per heavy atom. The van der Waals surface area contributed by atoms with Crippen LogP contribution < -0.4 is 15.5 Å². The molecule has 3 saturated carbocycles. The number of aromatic amines is 1. The lowest BCUT2D eigenvalue weighted by Crippen LogP contribution is -2.63. The molecule has 4 fully saturated rings. The minimum absolute atomic E-state index is 0.103. The molecule has 0 unspecified atom stereocenters. The van der Waals surface area contributed by atoms with Crippen LogP contribution in [0.5, 0.6) is 0 Å². The first-order valence-corrected chi connectivity index (χ1v) is 13.6. The summed E-state index contributed by atoms with van der Waals surface area (Å²) in [7, 11) is 0. The summed E-state index contributed by atoms with van der Waals surface area (Å²) in [6.07, 6.45) is 6.62. The predicted octanol–water partition coefficient (Wildman–Crippen LogP) is 4.28. The Balaban J connectivity index is 1.10. The molecule has 0 bridgehead atoms. The highest BCUT2D eigenvalue weighted by Crippen LogP contribution is 2.46. The van der Waals surface area contributed by atoms with Crippen LogP contribution in [-0.2, 0) is 4.79 Å². The van der Waals surface area contributed by atoms with E-state index in [0.29, 0.717) is 35.9 Å². The van der Waals surface area contributed by atoms with Gasteiger partial charge < -0.3 is 20.6 Å². The number of aromatic nitrogens is 4. The molecule has 4 N–H and O–H groups in total. The van der Waals surface area contributed by atoms with E-state index in [1.807, 2.05) is 30.3 Å². The number of rotatable bonds is 9. The normalized spacial score (nSPS) is 20.6. The number of β-amino-alcohol motifs (C(OH)–C–C–N with tert-alkyl or cyclic N) is 1. The van der Waals surface area contributed by atoms with Gasteiger partial charge in [0.2, 0.25) is 5.91 Å². The van der Waals surface area contributed by atoms with Gasteiger partial charge in [-0.25, -0.2) is 9.97 Å². The first kappa shape index (κ1) is 22.1. The Labute approximate surface area is 213 Å². The number of hydrogen-bond acceptors (Lipinski definition) is 8. The summed E-state index contributed by atoms with van der Waals surface area (Å²) in [4.78, 5) is 24.7. The molecule has 10 heteroatoms. The van der Waals surface area contributed by atoms with Gasteiger partial charge in [0.05, 0.1) is 13.1 Å². The van der Waals surface area contributed by atoms with Crippen LogP contribution in [0.4, 0.5) is 23.1 Å². The Hall–Kier alpha value is -3.11. The topological polar surface area (TPSA) is 119 Å². The van der Waals surface area contributed by atoms with Crippen molar-refractivity contribution < 1.29 is 9.90 Å². The maximum absolute atomic E-state index is 12.0. The lowest BCUT2D eigenvalue weighted by molar-refractivity contribution is -0.117. The second-order valence-electron chi connectivity index (χ2n) is 10.6. The zero-order valence-corrected chi connectivity index (χ0v) is 20.7. The first-order chi connectivity index (χ1) is 17.5. The second-order valence-corrected chi connectivity index (χ2v) is 11.7. The summed E-state index contributed by atoms with van der Waals surface area (Å²) in [5, 5.41) is 25.3. The molecule has 3 aliphatic carbocycles. The summed E-state index contributed by atoms with van der Waals surface area (Å²) >= 11 is 1.47. The molecule has 4 aliphatic rings. The van der Waals surface area contributed by atoms with E-state index in [9.17, 15) is 9.90 Å². The molecule has 1 aromatic carbocycles. The fourth-order valence-corrected chi connectivity index (χ4v) is 5.54. The van der Waals surface area contributed by atoms with Gasteiger partial charge in [-0.2, -0.15) is 5.10 Å². The van der Waals surface area contributed by atoms with E-state index in [1.165, 1.54) is 24.6 Å². The Morgan fingerprint density at radius 2 is 1.81 bits per heavy atom. The quantitative estimate of drug-likeness (QED) is 0.320. The molecule has 2 aromatic heterocycles. The van der Waals surface area contributed by atoms with Crippen LogP contribution in [0.3, 0.4) is 0 Å². The Bertz CT molecular complexity index is 1290. The average Bonchev–Trinajstić information content (AvgIpc) is 3.71. The maximum Gasteiger partial charge on any atom is 0.227 e. The largest absolute Gasteiger partial charge is 0.386 e. The van der Waals surface area contributed by atoms with Crippen molar-refractivity contribution in [1.29, 1.82) is 0 Å². The molecule has 186 valence electrons. The van der Waals surface area contributed by atoms with Gasteiger partial charge in [0.25, 0.3) is 0 Å². The van der Waals surface area contributed by atoms with E-state index in [0.717, 1.165) is 53.6 Å². The van der Waals surface area contributed by atoms with Gasteiger partial charge in [-0.15, -0.1) is 0 Å². The van der Waals surface area contributed by atoms with Crippen LogP contribution in [0.2, 0.25) is 0 Å². The van der Waals surface area contributed by atoms with Crippen LogP contribution in [0.25, 0.3) is 0 Å². The third-order valence-electron chi connectivity index (χ3n) is 7.43. The number of aliphatic hydroxyl groups is 1. The number of H-pyrrole nitrogens is 1. The van der Waals surface area contributed by atoms with Gasteiger partial charge in [-0.05, 0) is 80.5 Å². The molecule has 0 radical (unpaired) electrons. The van der Waals surface area contributed by atoms with E-state index < -0.39 is 5.60 Å². The number of anilines is 4. The molecule has 3 aromatic rings. The molecule has 1 aliphatic heterocycles. The molecule has 3 heterocycles. The molecule has 1 amide bonds. The first-order valence-electron chi connectivity index (χ1n) is 12.8. The summed E-state index contributed by atoms with van der Waals surface area (Å²) in [6.45, 7) is 1.20. The molecule has 1 saturated heterocycles. The highest BCUT2D eigenvalue weighted by atomic mass is 32.2. The highest BCUT2D eigenvalue weighted by Gasteiger charge is 2.52. The molecule has 9 nitrogen and oxygen atoms in total. The lowest BCUT2D eigenvalue weighted by Gasteiger charge is -2.47. The van der Waals surface area contributed by atoms with Gasteiger partial charge in [-0.3, -0.25) is 9.89 Å². The number of hydrogen-bond donors (Lipinski definition) is 4. The second kappa shape index (κ2) is 8.48. The molecule has 36 heavy (non-hydrogen) atoms. The summed E-state index contributed by atoms with van der Waals surface area (Å²) in [5.74, 6) is 3.51. The van der Waals surface area contributed by atoms with Gasteiger partial charge in [0, 0.05) is 40.2 Å². The minimum Gasteiger partial charge on any atom is -0.386 e. The van der Waals surface area contributed by atoms with E-state index >= 15 is 0 Å². The SMILES string of the molecule is O=C(Nc1ccc(Sc2nc(Nc3cc(C4CC4)[nH]n3)cc(N3CC(O)(C4CC4)C3)n2)cc1)C1CC1. The van der Waals surface area contributed by atoms with E-state index in [1.54, 1.807) is 0 Å². The van der Waals surface area contributed by atoms with E-state index in [2.05, 4.69) is 31.8 Å². The number of nitrogens with one attached hydrogen (secondary N) is 3. The zero-order chi connectivity index (χ0) is 24.3. The Kier molecular flexibility index (Phi) is 5.21. The molecular weight excluding hydrogens is 474 g/mol. The number of nitrogens with zero attached hydrogens (tertiary/aromatic N) is 4. The lowest BCUT2D eigenvalue weighted by atomic mass is 9.89. The summed E-state index contributed by atoms with van der Waals surface area (Å²) in [6, 6.07) is 11.8. The monoisotopic (exact) mass is 503 g/mol. The molecule has 0 atom stereocenters. The third kappa shape index (κ3) is 4.67. The van der Waals surface area contributed by atoms with Crippen molar-refractivity contribution in [3.8, 4) is 0 Å². The van der Waals surface area contributed by atoms with Crippen molar-refractivity contribution in [2.75, 3.05) is 28.6 Å². The van der Waals surface area contributed by atoms with Crippen LogP contribution in [0.1, 0.15) is 50.1 Å². The number of amides is 1. The fraction of sp³-hybridized carbons (Fsp3) is 0.462. The number of benzene rings is 1. The molecular formula is C26H29N7O2S. The minimum atomic E-state index is -0.589. The third-order valence-corrected chi connectivity index (χ3v) is 8.31. The van der Waals surface area contributed by atoms with Crippen molar-refractivity contribution in [2.24, 2.45) is 11.8 Å². The van der Waals surface area contributed by atoms with Crippen molar-refractivity contribution in [3.63, 3.8) is 0 Å². The van der Waals surface area contributed by atoms with Gasteiger partial charge in [0.15, 0.2) is 11.0 Å². The summed E-state index contributed by atoms with van der Waals surface area (Å²) < 4.78 is 0. The number of carbonyl (C=O) groups is 1. The predicted molar refractivity (Wildman–Crippen MR) is 138 cm³/mol. The fourth-order valence-electron chi connectivity index (χ4n) is 4.78. The smallest absolute Gasteiger partial charge is 0.227 e. The standard InChI is InChI=1S/C26H29N7O2S/c34-24(16-3-4-16)27-18-7-9-19(10-8-18)36-25-29-21(28-22-11-20(31-32-22)15-1-2-15)12-23(30-25)33-13-26(35,14-33)17-5-6-17/h7-12,15-17,35H,1-6,13-14H2,(H,27,34)(H2,28,29,30,31,32). The van der Waals surface area contributed by atoms with Crippen molar-refractivity contribution in [2.45, 2.75) is 60.1 Å². The van der Waals surface area contributed by atoms with E-state index in [-0.39, 0.29) is 11.8 Å². The van der Waals surface area contributed by atoms with Gasteiger partial charge in [-0.1, -0.05) is 0 Å². The summed E-state index contributed by atoms with van der Waals surface area (Å²) in [5.41, 5.74) is 1.37. The van der Waals surface area contributed by atoms with Crippen LogP contribution in [0, 0.1) is 11.8 Å². The highest BCUT2D eigenvalue weighted by molar-refractivity contribution is 7.99.